The van der Waals surface area contributed by atoms with Gasteiger partial charge in [0.2, 0.25) is 5.75 Å². The standard InChI is InChI=1S/C26H30N4O5/c1-5-35-20-8-6-18(7-9-20)21-10-11-24(28-27-21)29-12-14-30(15-13-29)26(31)19-16-22(32-2)25(34-4)23(17-19)33-3/h6-11,16-17H,5,12-15H2,1-4H3. The highest BCUT2D eigenvalue weighted by Crippen LogP contribution is 2.38. The second kappa shape index (κ2) is 10.9. The van der Waals surface area contributed by atoms with Gasteiger partial charge in [-0.3, -0.25) is 4.79 Å². The summed E-state index contributed by atoms with van der Waals surface area (Å²) in [6.07, 6.45) is 0. The second-order valence-corrected chi connectivity index (χ2v) is 7.93. The lowest BCUT2D eigenvalue weighted by molar-refractivity contribution is 0.0745. The van der Waals surface area contributed by atoms with Crippen LogP contribution in [0.3, 0.4) is 0 Å². The molecule has 0 N–H and O–H groups in total. The Morgan fingerprint density at radius 3 is 2.03 bits per heavy atom. The number of piperazine rings is 1. The molecule has 2 heterocycles. The maximum Gasteiger partial charge on any atom is 0.254 e. The van der Waals surface area contributed by atoms with Crippen LogP contribution in [-0.4, -0.2) is 75.1 Å². The Labute approximate surface area is 205 Å². The number of methoxy groups -OCH3 is 3. The fourth-order valence-electron chi connectivity index (χ4n) is 4.06. The van der Waals surface area contributed by atoms with Crippen molar-refractivity contribution in [3.8, 4) is 34.3 Å². The average molecular weight is 479 g/mol. The molecule has 1 fully saturated rings. The summed E-state index contributed by atoms with van der Waals surface area (Å²) in [7, 11) is 4.60. The Morgan fingerprint density at radius 1 is 0.857 bits per heavy atom. The van der Waals surface area contributed by atoms with Gasteiger partial charge >= 0.3 is 0 Å². The Morgan fingerprint density at radius 2 is 1.51 bits per heavy atom. The lowest BCUT2D eigenvalue weighted by atomic mass is 10.1. The van der Waals surface area contributed by atoms with Gasteiger partial charge in [0, 0.05) is 37.3 Å². The largest absolute Gasteiger partial charge is 0.494 e. The van der Waals surface area contributed by atoms with E-state index in [0.29, 0.717) is 55.6 Å². The third-order valence-corrected chi connectivity index (χ3v) is 5.91. The van der Waals surface area contributed by atoms with Crippen molar-refractivity contribution in [2.75, 3.05) is 59.0 Å². The molecule has 0 spiro atoms. The zero-order valence-electron chi connectivity index (χ0n) is 20.5. The predicted octanol–water partition coefficient (Wildman–Crippen LogP) is 3.53. The Kier molecular flexibility index (Phi) is 7.54. The molecule has 1 amide bonds. The molecule has 0 unspecified atom stereocenters. The molecular formula is C26H30N4O5. The minimum Gasteiger partial charge on any atom is -0.494 e. The monoisotopic (exact) mass is 478 g/mol. The van der Waals surface area contributed by atoms with E-state index in [2.05, 4.69) is 15.1 Å². The summed E-state index contributed by atoms with van der Waals surface area (Å²) >= 11 is 0. The molecule has 0 bridgehead atoms. The molecule has 0 saturated carbocycles. The first-order valence-electron chi connectivity index (χ1n) is 11.5. The van der Waals surface area contributed by atoms with Crippen molar-refractivity contribution < 1.29 is 23.7 Å². The van der Waals surface area contributed by atoms with E-state index in [-0.39, 0.29) is 5.91 Å². The van der Waals surface area contributed by atoms with Crippen LogP contribution in [0.5, 0.6) is 23.0 Å². The molecule has 1 aliphatic rings. The van der Waals surface area contributed by atoms with E-state index in [4.69, 9.17) is 18.9 Å². The number of hydrogen-bond acceptors (Lipinski definition) is 8. The number of ether oxygens (including phenoxy) is 4. The average Bonchev–Trinajstić information content (AvgIpc) is 2.92. The molecule has 184 valence electrons. The van der Waals surface area contributed by atoms with Gasteiger partial charge in [0.1, 0.15) is 5.75 Å². The van der Waals surface area contributed by atoms with Crippen LogP contribution in [0.25, 0.3) is 11.3 Å². The van der Waals surface area contributed by atoms with Gasteiger partial charge in [-0.05, 0) is 55.5 Å². The number of anilines is 1. The highest BCUT2D eigenvalue weighted by atomic mass is 16.5. The summed E-state index contributed by atoms with van der Waals surface area (Å²) in [6.45, 7) is 5.05. The molecule has 9 nitrogen and oxygen atoms in total. The number of aromatic nitrogens is 2. The molecule has 0 radical (unpaired) electrons. The van der Waals surface area contributed by atoms with Gasteiger partial charge in [-0.25, -0.2) is 0 Å². The maximum absolute atomic E-state index is 13.2. The summed E-state index contributed by atoms with van der Waals surface area (Å²) in [6, 6.07) is 15.1. The number of carbonyl (C=O) groups excluding carboxylic acids is 1. The third-order valence-electron chi connectivity index (χ3n) is 5.91. The number of rotatable bonds is 8. The molecular weight excluding hydrogens is 448 g/mol. The van der Waals surface area contributed by atoms with E-state index in [1.54, 1.807) is 12.1 Å². The molecule has 1 aliphatic heterocycles. The van der Waals surface area contributed by atoms with Crippen LogP contribution in [0.2, 0.25) is 0 Å². The predicted molar refractivity (Wildman–Crippen MR) is 133 cm³/mol. The quantitative estimate of drug-likeness (QED) is 0.486. The lowest BCUT2D eigenvalue weighted by Crippen LogP contribution is -2.49. The summed E-state index contributed by atoms with van der Waals surface area (Å²) in [4.78, 5) is 17.1. The Hall–Kier alpha value is -4.01. The molecule has 1 saturated heterocycles. The topological polar surface area (TPSA) is 86.3 Å². The van der Waals surface area contributed by atoms with Gasteiger partial charge in [-0.1, -0.05) is 0 Å². The summed E-state index contributed by atoms with van der Waals surface area (Å²) < 4.78 is 21.6. The van der Waals surface area contributed by atoms with Crippen LogP contribution < -0.4 is 23.8 Å². The van der Waals surface area contributed by atoms with Crippen molar-refractivity contribution in [3.05, 3.63) is 54.1 Å². The highest BCUT2D eigenvalue weighted by molar-refractivity contribution is 5.95. The van der Waals surface area contributed by atoms with Crippen LogP contribution in [0, 0.1) is 0 Å². The van der Waals surface area contributed by atoms with E-state index in [0.717, 1.165) is 22.8 Å². The Bertz CT molecular complexity index is 1120. The SMILES string of the molecule is CCOc1ccc(-c2ccc(N3CCN(C(=O)c4cc(OC)c(OC)c(OC)c4)CC3)nn2)cc1. The number of benzene rings is 2. The smallest absolute Gasteiger partial charge is 0.254 e. The maximum atomic E-state index is 13.2. The van der Waals surface area contributed by atoms with E-state index in [9.17, 15) is 4.79 Å². The molecule has 4 rings (SSSR count). The molecule has 0 atom stereocenters. The third kappa shape index (κ3) is 5.24. The van der Waals surface area contributed by atoms with Crippen molar-refractivity contribution >= 4 is 11.7 Å². The van der Waals surface area contributed by atoms with Crippen molar-refractivity contribution in [2.45, 2.75) is 6.92 Å². The number of hydrogen-bond donors (Lipinski definition) is 0. The molecule has 0 aliphatic carbocycles. The van der Waals surface area contributed by atoms with E-state index in [1.165, 1.54) is 21.3 Å². The minimum absolute atomic E-state index is 0.0826. The first kappa shape index (κ1) is 24.1. The first-order valence-corrected chi connectivity index (χ1v) is 11.5. The molecule has 1 aromatic heterocycles. The van der Waals surface area contributed by atoms with Gasteiger partial charge in [0.15, 0.2) is 17.3 Å². The number of nitrogens with zero attached hydrogens (tertiary/aromatic N) is 4. The van der Waals surface area contributed by atoms with E-state index < -0.39 is 0 Å². The van der Waals surface area contributed by atoms with Crippen molar-refractivity contribution in [2.24, 2.45) is 0 Å². The fraction of sp³-hybridized carbons (Fsp3) is 0.346. The molecule has 3 aromatic rings. The van der Waals surface area contributed by atoms with Gasteiger partial charge in [0.25, 0.3) is 5.91 Å². The second-order valence-electron chi connectivity index (χ2n) is 7.93. The normalized spacial score (nSPS) is 13.4. The Balaban J connectivity index is 1.40. The number of amides is 1. The van der Waals surface area contributed by atoms with Crippen LogP contribution in [0.15, 0.2) is 48.5 Å². The highest BCUT2D eigenvalue weighted by Gasteiger charge is 2.25. The first-order chi connectivity index (χ1) is 17.1. The van der Waals surface area contributed by atoms with Gasteiger partial charge in [0.05, 0.1) is 33.6 Å². The van der Waals surface area contributed by atoms with Gasteiger partial charge in [-0.2, -0.15) is 0 Å². The zero-order chi connectivity index (χ0) is 24.8. The van der Waals surface area contributed by atoms with Crippen LogP contribution >= 0.6 is 0 Å². The van der Waals surface area contributed by atoms with Crippen molar-refractivity contribution in [3.63, 3.8) is 0 Å². The fourth-order valence-corrected chi connectivity index (χ4v) is 4.06. The summed E-state index contributed by atoms with van der Waals surface area (Å²) in [5.74, 6) is 2.91. The molecule has 9 heteroatoms. The molecule has 2 aromatic carbocycles. The number of carbonyl (C=O) groups is 1. The van der Waals surface area contributed by atoms with Crippen LogP contribution in [0.4, 0.5) is 5.82 Å². The zero-order valence-corrected chi connectivity index (χ0v) is 20.5. The summed E-state index contributed by atoms with van der Waals surface area (Å²) in [5, 5.41) is 8.83. The van der Waals surface area contributed by atoms with Crippen LogP contribution in [-0.2, 0) is 0 Å². The van der Waals surface area contributed by atoms with Crippen molar-refractivity contribution in [1.29, 1.82) is 0 Å². The van der Waals surface area contributed by atoms with Gasteiger partial charge in [-0.15, -0.1) is 10.2 Å². The van der Waals surface area contributed by atoms with Gasteiger partial charge < -0.3 is 28.7 Å². The van der Waals surface area contributed by atoms with Crippen molar-refractivity contribution in [1.82, 2.24) is 15.1 Å². The van der Waals surface area contributed by atoms with E-state index >= 15 is 0 Å². The lowest BCUT2D eigenvalue weighted by Gasteiger charge is -2.35. The summed E-state index contributed by atoms with van der Waals surface area (Å²) in [5.41, 5.74) is 2.27. The minimum atomic E-state index is -0.0826. The van der Waals surface area contributed by atoms with Crippen LogP contribution in [0.1, 0.15) is 17.3 Å². The molecule has 35 heavy (non-hydrogen) atoms. The van der Waals surface area contributed by atoms with E-state index in [1.807, 2.05) is 48.2 Å².